The van der Waals surface area contributed by atoms with Crippen molar-refractivity contribution in [2.75, 3.05) is 13.6 Å². The van der Waals surface area contributed by atoms with Gasteiger partial charge in [-0.3, -0.25) is 0 Å². The molecule has 0 rings (SSSR count). The zero-order chi connectivity index (χ0) is 12.1. The number of hydrogen-bond acceptors (Lipinski definition) is 1. The Hall–Kier alpha value is -0.0400. The summed E-state index contributed by atoms with van der Waals surface area (Å²) in [4.78, 5) is 0. The molecule has 0 aliphatic rings. The van der Waals surface area contributed by atoms with E-state index in [-0.39, 0.29) is 0 Å². The standard InChI is InChI=1S/C15H33N/c1-4-5-6-7-8-9-10-11-12-13-15(2)14-16-3/h15-16H,4-14H2,1-3H3. The van der Waals surface area contributed by atoms with Gasteiger partial charge in [-0.05, 0) is 25.9 Å². The van der Waals surface area contributed by atoms with Crippen LogP contribution in [0.25, 0.3) is 0 Å². The van der Waals surface area contributed by atoms with Crippen LogP contribution in [0.15, 0.2) is 0 Å². The fourth-order valence-corrected chi connectivity index (χ4v) is 2.25. The predicted molar refractivity (Wildman–Crippen MR) is 74.9 cm³/mol. The lowest BCUT2D eigenvalue weighted by Gasteiger charge is -2.09. The topological polar surface area (TPSA) is 12.0 Å². The van der Waals surface area contributed by atoms with Crippen LogP contribution in [0.3, 0.4) is 0 Å². The number of rotatable bonds is 12. The van der Waals surface area contributed by atoms with E-state index >= 15 is 0 Å². The summed E-state index contributed by atoms with van der Waals surface area (Å²) in [6.07, 6.45) is 14.4. The third-order valence-corrected chi connectivity index (χ3v) is 3.35. The largest absolute Gasteiger partial charge is 0.319 e. The molecular weight excluding hydrogens is 194 g/mol. The van der Waals surface area contributed by atoms with Crippen LogP contribution < -0.4 is 5.32 Å². The average molecular weight is 227 g/mol. The first-order valence-electron chi connectivity index (χ1n) is 7.45. The summed E-state index contributed by atoms with van der Waals surface area (Å²) in [5, 5.41) is 3.25. The Balaban J connectivity index is 2.98. The van der Waals surface area contributed by atoms with Crippen molar-refractivity contribution in [3.05, 3.63) is 0 Å². The van der Waals surface area contributed by atoms with Gasteiger partial charge >= 0.3 is 0 Å². The van der Waals surface area contributed by atoms with E-state index in [0.29, 0.717) is 0 Å². The first-order valence-corrected chi connectivity index (χ1v) is 7.45. The molecule has 0 saturated heterocycles. The molecule has 0 aliphatic carbocycles. The van der Waals surface area contributed by atoms with Crippen molar-refractivity contribution in [2.45, 2.75) is 78.1 Å². The maximum atomic E-state index is 3.25. The van der Waals surface area contributed by atoms with Crippen molar-refractivity contribution in [3.8, 4) is 0 Å². The van der Waals surface area contributed by atoms with Crippen molar-refractivity contribution in [3.63, 3.8) is 0 Å². The predicted octanol–water partition coefficient (Wildman–Crippen LogP) is 4.76. The third-order valence-electron chi connectivity index (χ3n) is 3.35. The molecule has 0 radical (unpaired) electrons. The molecule has 0 spiro atoms. The van der Waals surface area contributed by atoms with Gasteiger partial charge < -0.3 is 5.32 Å². The van der Waals surface area contributed by atoms with Gasteiger partial charge in [0, 0.05) is 0 Å². The molecule has 0 aliphatic heterocycles. The molecule has 0 bridgehead atoms. The Kier molecular flexibility index (Phi) is 13.0. The zero-order valence-electron chi connectivity index (χ0n) is 11.9. The van der Waals surface area contributed by atoms with E-state index in [4.69, 9.17) is 0 Å². The molecule has 16 heavy (non-hydrogen) atoms. The Morgan fingerprint density at radius 3 is 1.81 bits per heavy atom. The molecule has 1 heteroatoms. The van der Waals surface area contributed by atoms with Gasteiger partial charge in [0.25, 0.3) is 0 Å². The molecule has 0 aromatic rings. The lowest BCUT2D eigenvalue weighted by molar-refractivity contribution is 0.464. The summed E-state index contributed by atoms with van der Waals surface area (Å²) < 4.78 is 0. The summed E-state index contributed by atoms with van der Waals surface area (Å²) in [7, 11) is 2.05. The maximum Gasteiger partial charge on any atom is -0.00262 e. The van der Waals surface area contributed by atoms with Gasteiger partial charge in [-0.2, -0.15) is 0 Å². The zero-order valence-corrected chi connectivity index (χ0v) is 11.9. The van der Waals surface area contributed by atoms with Crippen LogP contribution in [0.1, 0.15) is 78.1 Å². The Morgan fingerprint density at radius 1 is 0.812 bits per heavy atom. The van der Waals surface area contributed by atoms with Crippen LogP contribution in [0.5, 0.6) is 0 Å². The highest BCUT2D eigenvalue weighted by Gasteiger charge is 1.99. The Labute approximate surface area is 103 Å². The summed E-state index contributed by atoms with van der Waals surface area (Å²) in [5.41, 5.74) is 0. The van der Waals surface area contributed by atoms with Crippen molar-refractivity contribution in [2.24, 2.45) is 5.92 Å². The van der Waals surface area contributed by atoms with Gasteiger partial charge in [0.1, 0.15) is 0 Å². The highest BCUT2D eigenvalue weighted by Crippen LogP contribution is 2.12. The Bertz CT molecular complexity index is 123. The van der Waals surface area contributed by atoms with Crippen molar-refractivity contribution >= 4 is 0 Å². The molecule has 1 nitrogen and oxygen atoms in total. The fourth-order valence-electron chi connectivity index (χ4n) is 2.25. The van der Waals surface area contributed by atoms with Crippen LogP contribution in [-0.2, 0) is 0 Å². The molecule has 1 atom stereocenters. The van der Waals surface area contributed by atoms with Gasteiger partial charge in [-0.15, -0.1) is 0 Å². The monoisotopic (exact) mass is 227 g/mol. The number of nitrogens with one attached hydrogen (secondary N) is 1. The molecule has 0 fully saturated rings. The molecule has 0 amide bonds. The lowest BCUT2D eigenvalue weighted by atomic mass is 10.0. The van der Waals surface area contributed by atoms with Gasteiger partial charge in [0.05, 0.1) is 0 Å². The summed E-state index contributed by atoms with van der Waals surface area (Å²) in [5.74, 6) is 0.856. The van der Waals surface area contributed by atoms with Crippen LogP contribution in [0, 0.1) is 5.92 Å². The van der Waals surface area contributed by atoms with Crippen molar-refractivity contribution in [1.29, 1.82) is 0 Å². The average Bonchev–Trinajstić information content (AvgIpc) is 2.27. The van der Waals surface area contributed by atoms with Crippen LogP contribution in [0.4, 0.5) is 0 Å². The van der Waals surface area contributed by atoms with E-state index in [9.17, 15) is 0 Å². The van der Waals surface area contributed by atoms with Gasteiger partial charge in [0.15, 0.2) is 0 Å². The normalized spacial score (nSPS) is 12.9. The quantitative estimate of drug-likeness (QED) is 0.474. The van der Waals surface area contributed by atoms with Crippen molar-refractivity contribution < 1.29 is 0 Å². The second-order valence-corrected chi connectivity index (χ2v) is 5.28. The van der Waals surface area contributed by atoms with E-state index < -0.39 is 0 Å². The molecular formula is C15H33N. The maximum absolute atomic E-state index is 3.25. The van der Waals surface area contributed by atoms with E-state index in [1.807, 2.05) is 7.05 Å². The van der Waals surface area contributed by atoms with Crippen LogP contribution in [-0.4, -0.2) is 13.6 Å². The van der Waals surface area contributed by atoms with Gasteiger partial charge in [-0.1, -0.05) is 71.6 Å². The molecule has 0 aromatic heterocycles. The second-order valence-electron chi connectivity index (χ2n) is 5.28. The fraction of sp³-hybridized carbons (Fsp3) is 1.00. The molecule has 1 N–H and O–H groups in total. The first-order chi connectivity index (χ1) is 7.81. The van der Waals surface area contributed by atoms with Gasteiger partial charge in [-0.25, -0.2) is 0 Å². The minimum atomic E-state index is 0.856. The lowest BCUT2D eigenvalue weighted by Crippen LogP contribution is -2.15. The van der Waals surface area contributed by atoms with E-state index in [1.54, 1.807) is 0 Å². The van der Waals surface area contributed by atoms with E-state index in [1.165, 1.54) is 70.8 Å². The smallest absolute Gasteiger partial charge is 0.00262 e. The molecule has 0 heterocycles. The highest BCUT2D eigenvalue weighted by molar-refractivity contribution is 4.55. The molecule has 0 saturated carbocycles. The van der Waals surface area contributed by atoms with Crippen LogP contribution in [0.2, 0.25) is 0 Å². The molecule has 98 valence electrons. The number of unbranched alkanes of at least 4 members (excludes halogenated alkanes) is 8. The highest BCUT2D eigenvalue weighted by atomic mass is 14.8. The summed E-state index contributed by atoms with van der Waals surface area (Å²) >= 11 is 0. The van der Waals surface area contributed by atoms with Gasteiger partial charge in [0.2, 0.25) is 0 Å². The minimum Gasteiger partial charge on any atom is -0.319 e. The first kappa shape index (κ1) is 16.0. The Morgan fingerprint density at radius 2 is 1.31 bits per heavy atom. The van der Waals surface area contributed by atoms with E-state index in [2.05, 4.69) is 19.2 Å². The number of hydrogen-bond donors (Lipinski definition) is 1. The molecule has 1 unspecified atom stereocenters. The van der Waals surface area contributed by atoms with E-state index in [0.717, 1.165) is 5.92 Å². The van der Waals surface area contributed by atoms with Crippen LogP contribution >= 0.6 is 0 Å². The summed E-state index contributed by atoms with van der Waals surface area (Å²) in [6.45, 7) is 5.81. The van der Waals surface area contributed by atoms with Crippen molar-refractivity contribution in [1.82, 2.24) is 5.32 Å². The SMILES string of the molecule is CCCCCCCCCCCC(C)CNC. The second kappa shape index (κ2) is 13.0. The summed E-state index contributed by atoms with van der Waals surface area (Å²) in [6, 6.07) is 0. The third kappa shape index (κ3) is 12.0. The minimum absolute atomic E-state index is 0.856. The molecule has 0 aromatic carbocycles.